The maximum atomic E-state index is 7.52. The molecule has 0 aliphatic carbocycles. The van der Waals surface area contributed by atoms with Crippen LogP contribution in [0, 0.1) is 11.3 Å². The number of hydrogen-bond acceptors (Lipinski definition) is 3. The molecule has 0 aliphatic heterocycles. The van der Waals surface area contributed by atoms with Crippen molar-refractivity contribution < 1.29 is 4.74 Å². The predicted octanol–water partition coefficient (Wildman–Crippen LogP) is 2.85. The van der Waals surface area contributed by atoms with Gasteiger partial charge >= 0.3 is 0 Å². The molecule has 3 N–H and O–H groups in total. The fourth-order valence-electron chi connectivity index (χ4n) is 2.36. The Kier molecular flexibility index (Phi) is 6.02. The second kappa shape index (κ2) is 7.29. The molecule has 0 amide bonds. The quantitative estimate of drug-likeness (QED) is 0.595. The van der Waals surface area contributed by atoms with Crippen LogP contribution in [0.15, 0.2) is 18.2 Å². The van der Waals surface area contributed by atoms with Crippen LogP contribution < -0.4 is 10.5 Å². The molecule has 0 saturated heterocycles. The Labute approximate surface area is 122 Å². The van der Waals surface area contributed by atoms with Gasteiger partial charge in [0.05, 0.1) is 12.7 Å². The smallest absolute Gasteiger partial charge is 0.130 e. The van der Waals surface area contributed by atoms with Crippen molar-refractivity contribution in [3.8, 4) is 5.75 Å². The highest BCUT2D eigenvalue weighted by Crippen LogP contribution is 2.21. The van der Waals surface area contributed by atoms with E-state index in [1.807, 2.05) is 18.2 Å². The van der Waals surface area contributed by atoms with Gasteiger partial charge in [-0.05, 0) is 44.0 Å². The van der Waals surface area contributed by atoms with Crippen LogP contribution in [-0.4, -0.2) is 30.9 Å². The Morgan fingerprint density at radius 2 is 2.00 bits per heavy atom. The number of nitrogens with one attached hydrogen (secondary N) is 1. The van der Waals surface area contributed by atoms with Gasteiger partial charge in [-0.3, -0.25) is 10.3 Å². The van der Waals surface area contributed by atoms with E-state index in [2.05, 4.69) is 32.7 Å². The van der Waals surface area contributed by atoms with Gasteiger partial charge in [-0.2, -0.15) is 0 Å². The monoisotopic (exact) mass is 277 g/mol. The average Bonchev–Trinajstić information content (AvgIpc) is 2.37. The van der Waals surface area contributed by atoms with Crippen LogP contribution in [0.5, 0.6) is 5.75 Å². The topological polar surface area (TPSA) is 62.3 Å². The van der Waals surface area contributed by atoms with E-state index in [1.54, 1.807) is 7.11 Å². The van der Waals surface area contributed by atoms with Crippen LogP contribution in [0.2, 0.25) is 0 Å². The van der Waals surface area contributed by atoms with Crippen molar-refractivity contribution in [2.75, 3.05) is 14.2 Å². The Morgan fingerprint density at radius 3 is 2.50 bits per heavy atom. The van der Waals surface area contributed by atoms with Gasteiger partial charge in [0.15, 0.2) is 0 Å². The van der Waals surface area contributed by atoms with Gasteiger partial charge < -0.3 is 10.5 Å². The molecule has 4 heteroatoms. The van der Waals surface area contributed by atoms with Crippen molar-refractivity contribution in [1.29, 1.82) is 5.41 Å². The fourth-order valence-corrected chi connectivity index (χ4v) is 2.36. The van der Waals surface area contributed by atoms with Crippen LogP contribution in [0.1, 0.15) is 38.3 Å². The zero-order valence-electron chi connectivity index (χ0n) is 13.2. The third kappa shape index (κ3) is 4.53. The lowest BCUT2D eigenvalue weighted by molar-refractivity contribution is 0.220. The molecule has 1 aromatic rings. The highest BCUT2D eigenvalue weighted by Gasteiger charge is 2.13. The van der Waals surface area contributed by atoms with Crippen molar-refractivity contribution in [3.05, 3.63) is 29.3 Å². The van der Waals surface area contributed by atoms with Crippen LogP contribution in [0.3, 0.4) is 0 Å². The second-order valence-electron chi connectivity index (χ2n) is 5.84. The molecular formula is C16H27N3O. The van der Waals surface area contributed by atoms with Gasteiger partial charge in [-0.1, -0.05) is 19.9 Å². The standard InChI is InChI=1S/C16H27N3O/c1-11(2)8-12(3)19(4)10-13-6-7-14(16(17)18)15(9-13)20-5/h6-7,9,11-12H,8,10H2,1-5H3,(H3,17,18). The summed E-state index contributed by atoms with van der Waals surface area (Å²) in [4.78, 5) is 2.34. The van der Waals surface area contributed by atoms with Crippen LogP contribution in [0.4, 0.5) is 0 Å². The van der Waals surface area contributed by atoms with Gasteiger partial charge in [0.2, 0.25) is 0 Å². The van der Waals surface area contributed by atoms with Crippen molar-refractivity contribution >= 4 is 5.84 Å². The second-order valence-corrected chi connectivity index (χ2v) is 5.84. The van der Waals surface area contributed by atoms with E-state index in [9.17, 15) is 0 Å². The summed E-state index contributed by atoms with van der Waals surface area (Å²) in [6.07, 6.45) is 1.18. The Bertz CT molecular complexity index is 457. The normalized spacial score (nSPS) is 12.8. The fraction of sp³-hybridized carbons (Fsp3) is 0.562. The first kappa shape index (κ1) is 16.5. The zero-order valence-corrected chi connectivity index (χ0v) is 13.2. The van der Waals surface area contributed by atoms with E-state index in [0.29, 0.717) is 23.3 Å². The number of nitrogen functional groups attached to an aromatic ring is 1. The molecule has 112 valence electrons. The first-order valence-corrected chi connectivity index (χ1v) is 7.06. The Morgan fingerprint density at radius 1 is 1.35 bits per heavy atom. The van der Waals surface area contributed by atoms with Crippen molar-refractivity contribution in [2.45, 2.75) is 39.8 Å². The molecule has 0 heterocycles. The Balaban J connectivity index is 2.80. The lowest BCUT2D eigenvalue weighted by atomic mass is 10.0. The summed E-state index contributed by atoms with van der Waals surface area (Å²) in [5, 5.41) is 7.52. The van der Waals surface area contributed by atoms with E-state index in [1.165, 1.54) is 12.0 Å². The van der Waals surface area contributed by atoms with Crippen molar-refractivity contribution in [3.63, 3.8) is 0 Å². The molecule has 1 atom stereocenters. The summed E-state index contributed by atoms with van der Waals surface area (Å²) in [5.74, 6) is 1.40. The minimum Gasteiger partial charge on any atom is -0.496 e. The van der Waals surface area contributed by atoms with E-state index in [0.717, 1.165) is 6.54 Å². The summed E-state index contributed by atoms with van der Waals surface area (Å²) in [7, 11) is 3.75. The summed E-state index contributed by atoms with van der Waals surface area (Å²) in [5.41, 5.74) is 7.36. The minimum atomic E-state index is 0.0370. The largest absolute Gasteiger partial charge is 0.496 e. The number of nitrogens with two attached hydrogens (primary N) is 1. The third-order valence-electron chi connectivity index (χ3n) is 3.55. The number of benzene rings is 1. The van der Waals surface area contributed by atoms with E-state index in [-0.39, 0.29) is 5.84 Å². The molecule has 0 radical (unpaired) electrons. The van der Waals surface area contributed by atoms with Crippen LogP contribution in [-0.2, 0) is 6.54 Å². The first-order valence-electron chi connectivity index (χ1n) is 7.06. The predicted molar refractivity (Wildman–Crippen MR) is 84.4 cm³/mol. The molecule has 0 bridgehead atoms. The van der Waals surface area contributed by atoms with Gasteiger partial charge in [0.1, 0.15) is 11.6 Å². The number of methoxy groups -OCH3 is 1. The molecule has 0 fully saturated rings. The Hall–Kier alpha value is -1.55. The highest BCUT2D eigenvalue weighted by molar-refractivity contribution is 5.97. The van der Waals surface area contributed by atoms with Crippen LogP contribution in [0.25, 0.3) is 0 Å². The van der Waals surface area contributed by atoms with Gasteiger partial charge in [-0.25, -0.2) is 0 Å². The number of hydrogen-bond donors (Lipinski definition) is 2. The summed E-state index contributed by atoms with van der Waals surface area (Å²) < 4.78 is 5.31. The summed E-state index contributed by atoms with van der Waals surface area (Å²) >= 11 is 0. The number of rotatable bonds is 7. The van der Waals surface area contributed by atoms with E-state index >= 15 is 0 Å². The SMILES string of the molecule is COc1cc(CN(C)C(C)CC(C)C)ccc1C(=N)N. The summed E-state index contributed by atoms with van der Waals surface area (Å²) in [6, 6.07) is 6.37. The summed E-state index contributed by atoms with van der Waals surface area (Å²) in [6.45, 7) is 7.60. The molecule has 0 aromatic heterocycles. The molecule has 0 spiro atoms. The lowest BCUT2D eigenvalue weighted by Crippen LogP contribution is -2.29. The molecule has 20 heavy (non-hydrogen) atoms. The van der Waals surface area contributed by atoms with Gasteiger partial charge in [-0.15, -0.1) is 0 Å². The maximum Gasteiger partial charge on any atom is 0.130 e. The van der Waals surface area contributed by atoms with Gasteiger partial charge in [0.25, 0.3) is 0 Å². The number of ether oxygens (including phenoxy) is 1. The minimum absolute atomic E-state index is 0.0370. The van der Waals surface area contributed by atoms with Gasteiger partial charge in [0, 0.05) is 12.6 Å². The molecule has 0 saturated carbocycles. The first-order chi connectivity index (χ1) is 9.35. The number of nitrogens with zero attached hydrogens (tertiary/aromatic N) is 1. The molecule has 0 aliphatic rings. The maximum absolute atomic E-state index is 7.52. The molecule has 4 nitrogen and oxygen atoms in total. The lowest BCUT2D eigenvalue weighted by Gasteiger charge is -2.26. The number of amidine groups is 1. The van der Waals surface area contributed by atoms with E-state index < -0.39 is 0 Å². The van der Waals surface area contributed by atoms with E-state index in [4.69, 9.17) is 15.9 Å². The highest BCUT2D eigenvalue weighted by atomic mass is 16.5. The zero-order chi connectivity index (χ0) is 15.3. The third-order valence-corrected chi connectivity index (χ3v) is 3.55. The van der Waals surface area contributed by atoms with Crippen molar-refractivity contribution in [2.24, 2.45) is 11.7 Å². The average molecular weight is 277 g/mol. The molecule has 1 unspecified atom stereocenters. The molecule has 1 rings (SSSR count). The van der Waals surface area contributed by atoms with Crippen molar-refractivity contribution in [1.82, 2.24) is 4.90 Å². The molecule has 1 aromatic carbocycles. The molecular weight excluding hydrogens is 250 g/mol. The van der Waals surface area contributed by atoms with Crippen LogP contribution >= 0.6 is 0 Å².